The van der Waals surface area contributed by atoms with Gasteiger partial charge in [-0.2, -0.15) is 9.57 Å². The summed E-state index contributed by atoms with van der Waals surface area (Å²) in [5, 5.41) is 18.0. The van der Waals surface area contributed by atoms with Gasteiger partial charge in [0.2, 0.25) is 10.0 Å². The van der Waals surface area contributed by atoms with Gasteiger partial charge in [-0.3, -0.25) is 4.79 Å². The molecule has 0 amide bonds. The molecule has 0 radical (unpaired) electrons. The van der Waals surface area contributed by atoms with E-state index in [4.69, 9.17) is 11.6 Å². The molecule has 10 nitrogen and oxygen atoms in total. The van der Waals surface area contributed by atoms with Gasteiger partial charge >= 0.3 is 0 Å². The van der Waals surface area contributed by atoms with Crippen LogP contribution in [0.3, 0.4) is 0 Å². The van der Waals surface area contributed by atoms with Crippen LogP contribution in [-0.4, -0.2) is 50.8 Å². The molecule has 4 aromatic rings. The number of aromatic amines is 1. The zero-order chi connectivity index (χ0) is 24.6. The van der Waals surface area contributed by atoms with Crippen LogP contribution in [-0.2, 0) is 16.6 Å². The van der Waals surface area contributed by atoms with Crippen LogP contribution in [0.5, 0.6) is 0 Å². The summed E-state index contributed by atoms with van der Waals surface area (Å²) < 4.78 is 29.5. The number of nitrogens with zero attached hydrogens (tertiary/aromatic N) is 6. The lowest BCUT2D eigenvalue weighted by Gasteiger charge is -2.31. The fourth-order valence-electron chi connectivity index (χ4n) is 4.30. The van der Waals surface area contributed by atoms with E-state index in [0.29, 0.717) is 42.4 Å². The zero-order valence-corrected chi connectivity index (χ0v) is 20.0. The van der Waals surface area contributed by atoms with Crippen LogP contribution in [0.2, 0.25) is 5.02 Å². The van der Waals surface area contributed by atoms with Crippen LogP contribution in [0.4, 0.5) is 0 Å². The molecule has 1 aliphatic rings. The van der Waals surface area contributed by atoms with Crippen molar-refractivity contribution in [3.63, 3.8) is 0 Å². The van der Waals surface area contributed by atoms with Crippen molar-refractivity contribution in [1.29, 1.82) is 5.26 Å². The number of piperidine rings is 1. The van der Waals surface area contributed by atoms with Gasteiger partial charge in [0.25, 0.3) is 5.56 Å². The molecule has 1 atom stereocenters. The molecular formula is C23H20ClN7O3S. The molecule has 1 N–H and O–H groups in total. The van der Waals surface area contributed by atoms with Crippen LogP contribution in [0, 0.1) is 11.3 Å². The predicted octanol–water partition coefficient (Wildman–Crippen LogP) is 2.66. The van der Waals surface area contributed by atoms with Gasteiger partial charge in [0, 0.05) is 24.0 Å². The summed E-state index contributed by atoms with van der Waals surface area (Å²) in [6.45, 7) is 0.773. The van der Waals surface area contributed by atoms with Gasteiger partial charge in [-0.15, -0.1) is 5.10 Å². The Morgan fingerprint density at radius 2 is 2.03 bits per heavy atom. The van der Waals surface area contributed by atoms with Crippen molar-refractivity contribution in [2.24, 2.45) is 0 Å². The summed E-state index contributed by atoms with van der Waals surface area (Å²) in [7, 11) is -3.89. The normalized spacial score (nSPS) is 16.9. The maximum atomic E-state index is 13.3. The standard InChI is InChI=1S/C23H20ClN7O3S/c24-18-8-3-5-15(11-18)13-31-22-20(28-29-31)23(32)27-21(26-22)17-7-4-10-30(14-17)35(33,34)19-9-2-1-6-16(19)12-25/h1-3,5-6,8-9,11,17H,4,7,10,13-14H2,(H,26,27,32). The second-order valence-corrected chi connectivity index (χ2v) is 10.7. The van der Waals surface area contributed by atoms with Crippen LogP contribution in [0.15, 0.2) is 58.2 Å². The first kappa shape index (κ1) is 23.2. The highest BCUT2D eigenvalue weighted by atomic mass is 35.5. The molecule has 2 aromatic heterocycles. The second kappa shape index (κ2) is 9.22. The predicted molar refractivity (Wildman–Crippen MR) is 128 cm³/mol. The van der Waals surface area contributed by atoms with Crippen molar-refractivity contribution in [3.05, 3.63) is 80.9 Å². The summed E-state index contributed by atoms with van der Waals surface area (Å²) in [6.07, 6.45) is 1.23. The van der Waals surface area contributed by atoms with E-state index in [2.05, 4.69) is 20.3 Å². The summed E-state index contributed by atoms with van der Waals surface area (Å²) in [5.74, 6) is 0.0463. The highest BCUT2D eigenvalue weighted by molar-refractivity contribution is 7.89. The average Bonchev–Trinajstić information content (AvgIpc) is 3.27. The molecule has 0 saturated carbocycles. The fourth-order valence-corrected chi connectivity index (χ4v) is 6.18. The lowest BCUT2D eigenvalue weighted by Crippen LogP contribution is -2.40. The van der Waals surface area contributed by atoms with Crippen molar-refractivity contribution in [3.8, 4) is 6.07 Å². The minimum atomic E-state index is -3.89. The first-order valence-corrected chi connectivity index (χ1v) is 12.8. The van der Waals surface area contributed by atoms with Gasteiger partial charge in [-0.05, 0) is 42.7 Å². The summed E-state index contributed by atoms with van der Waals surface area (Å²) in [6, 6.07) is 15.4. The molecule has 1 saturated heterocycles. The highest BCUT2D eigenvalue weighted by Gasteiger charge is 2.33. The monoisotopic (exact) mass is 509 g/mol. The Labute approximate surface area is 205 Å². The Balaban J connectivity index is 1.47. The number of nitriles is 1. The second-order valence-electron chi connectivity index (χ2n) is 8.31. The number of halogens is 1. The molecule has 1 fully saturated rings. The number of aromatic nitrogens is 5. The van der Waals surface area contributed by atoms with E-state index in [9.17, 15) is 18.5 Å². The van der Waals surface area contributed by atoms with Crippen molar-refractivity contribution >= 4 is 32.8 Å². The zero-order valence-electron chi connectivity index (χ0n) is 18.4. The Bertz CT molecular complexity index is 1620. The number of benzene rings is 2. The Hall–Kier alpha value is -3.59. The SMILES string of the molecule is N#Cc1ccccc1S(=O)(=O)N1CCCC(c2nc3c(nnn3Cc3cccc(Cl)c3)c(=O)[nH]2)C1. The summed E-state index contributed by atoms with van der Waals surface area (Å²) in [5.41, 5.74) is 0.965. The molecule has 5 rings (SSSR count). The number of nitrogens with one attached hydrogen (secondary N) is 1. The molecule has 0 spiro atoms. The minimum absolute atomic E-state index is 0.0242. The molecular weight excluding hydrogens is 490 g/mol. The topological polar surface area (TPSA) is 138 Å². The third kappa shape index (κ3) is 4.43. The summed E-state index contributed by atoms with van der Waals surface area (Å²) >= 11 is 6.08. The fraction of sp³-hybridized carbons (Fsp3) is 0.261. The molecule has 3 heterocycles. The van der Waals surface area contributed by atoms with E-state index in [0.717, 1.165) is 5.56 Å². The maximum Gasteiger partial charge on any atom is 0.281 e. The van der Waals surface area contributed by atoms with Gasteiger partial charge in [0.1, 0.15) is 11.9 Å². The van der Waals surface area contributed by atoms with E-state index in [1.807, 2.05) is 18.2 Å². The Morgan fingerprint density at radius 3 is 2.83 bits per heavy atom. The first-order valence-electron chi connectivity index (χ1n) is 10.9. The molecule has 1 aliphatic heterocycles. The van der Waals surface area contributed by atoms with E-state index < -0.39 is 15.6 Å². The smallest absolute Gasteiger partial charge is 0.281 e. The number of H-pyrrole nitrogens is 1. The van der Waals surface area contributed by atoms with E-state index in [1.165, 1.54) is 21.1 Å². The van der Waals surface area contributed by atoms with Gasteiger partial charge in [0.15, 0.2) is 11.2 Å². The number of hydrogen-bond donors (Lipinski definition) is 1. The lowest BCUT2D eigenvalue weighted by atomic mass is 9.99. The molecule has 12 heteroatoms. The van der Waals surface area contributed by atoms with Gasteiger partial charge < -0.3 is 4.98 Å². The highest BCUT2D eigenvalue weighted by Crippen LogP contribution is 2.30. The number of fused-ring (bicyclic) bond motifs is 1. The molecule has 178 valence electrons. The number of hydrogen-bond acceptors (Lipinski definition) is 7. The van der Waals surface area contributed by atoms with Gasteiger partial charge in [0.05, 0.1) is 17.0 Å². The molecule has 35 heavy (non-hydrogen) atoms. The molecule has 0 bridgehead atoms. The number of sulfonamides is 1. The van der Waals surface area contributed by atoms with Gasteiger partial charge in [-0.1, -0.05) is 41.1 Å². The van der Waals surface area contributed by atoms with Crippen molar-refractivity contribution in [2.75, 3.05) is 13.1 Å². The third-order valence-electron chi connectivity index (χ3n) is 6.01. The Kier molecular flexibility index (Phi) is 6.10. The quantitative estimate of drug-likeness (QED) is 0.436. The van der Waals surface area contributed by atoms with Crippen LogP contribution >= 0.6 is 11.6 Å². The Morgan fingerprint density at radius 1 is 1.20 bits per heavy atom. The van der Waals surface area contributed by atoms with Gasteiger partial charge in [-0.25, -0.2) is 18.1 Å². The maximum absolute atomic E-state index is 13.3. The van der Waals surface area contributed by atoms with Crippen molar-refractivity contribution in [2.45, 2.75) is 30.2 Å². The van der Waals surface area contributed by atoms with E-state index >= 15 is 0 Å². The molecule has 2 aromatic carbocycles. The summed E-state index contributed by atoms with van der Waals surface area (Å²) in [4.78, 5) is 20.1. The van der Waals surface area contributed by atoms with Crippen molar-refractivity contribution in [1.82, 2.24) is 29.3 Å². The molecule has 0 aliphatic carbocycles. The van der Waals surface area contributed by atoms with E-state index in [-0.39, 0.29) is 28.4 Å². The minimum Gasteiger partial charge on any atom is -0.308 e. The van der Waals surface area contributed by atoms with Crippen molar-refractivity contribution < 1.29 is 8.42 Å². The van der Waals surface area contributed by atoms with Crippen LogP contribution in [0.25, 0.3) is 11.2 Å². The van der Waals surface area contributed by atoms with Crippen LogP contribution in [0.1, 0.15) is 35.7 Å². The van der Waals surface area contributed by atoms with E-state index in [1.54, 1.807) is 24.3 Å². The van der Waals surface area contributed by atoms with Crippen LogP contribution < -0.4 is 5.56 Å². The number of rotatable bonds is 5. The third-order valence-corrected chi connectivity index (χ3v) is 8.17. The lowest BCUT2D eigenvalue weighted by molar-refractivity contribution is 0.309. The first-order chi connectivity index (χ1) is 16.9. The molecule has 1 unspecified atom stereocenters. The average molecular weight is 510 g/mol. The largest absolute Gasteiger partial charge is 0.308 e.